The van der Waals surface area contributed by atoms with Crippen LogP contribution < -0.4 is 21.0 Å². The minimum atomic E-state index is -0.455. The number of para-hydroxylation sites is 1. The molecule has 10 heteroatoms. The molecule has 4 rings (SSSR count). The molecule has 1 heterocycles. The number of nitrogens with one attached hydrogen (secondary N) is 3. The third-order valence-corrected chi connectivity index (χ3v) is 7.12. The molecule has 0 aliphatic carbocycles. The number of benzene rings is 3. The van der Waals surface area contributed by atoms with Crippen molar-refractivity contribution in [2.24, 2.45) is 0 Å². The first kappa shape index (κ1) is 31.8. The Morgan fingerprint density at radius 3 is 2.33 bits per heavy atom. The number of ketones is 1. The molecule has 3 aromatic rings. The minimum absolute atomic E-state index is 0.0366. The van der Waals surface area contributed by atoms with Crippen LogP contribution >= 0.6 is 0 Å². The molecule has 3 aromatic carbocycles. The van der Waals surface area contributed by atoms with Crippen molar-refractivity contribution in [1.82, 2.24) is 21.0 Å². The summed E-state index contributed by atoms with van der Waals surface area (Å²) in [6.45, 7) is 3.41. The van der Waals surface area contributed by atoms with Gasteiger partial charge in [0.05, 0.1) is 18.8 Å². The van der Waals surface area contributed by atoms with Gasteiger partial charge in [0.15, 0.2) is 5.78 Å². The van der Waals surface area contributed by atoms with Gasteiger partial charge in [0.2, 0.25) is 0 Å². The lowest BCUT2D eigenvalue weighted by molar-refractivity contribution is 0.0953. The van der Waals surface area contributed by atoms with E-state index < -0.39 is 6.09 Å². The van der Waals surface area contributed by atoms with Crippen LogP contribution in [0.1, 0.15) is 40.0 Å². The van der Waals surface area contributed by atoms with Crippen molar-refractivity contribution in [3.8, 4) is 11.1 Å². The van der Waals surface area contributed by atoms with E-state index in [9.17, 15) is 14.4 Å². The first-order valence-corrected chi connectivity index (χ1v) is 14.9. The van der Waals surface area contributed by atoms with Gasteiger partial charge >= 0.3 is 6.09 Å². The smallest absolute Gasteiger partial charge is 0.429 e. The average Bonchev–Trinajstić information content (AvgIpc) is 3.05. The van der Waals surface area contributed by atoms with Crippen LogP contribution in [0.5, 0.6) is 0 Å². The predicted molar refractivity (Wildman–Crippen MR) is 167 cm³/mol. The molecule has 0 saturated carbocycles. The van der Waals surface area contributed by atoms with Gasteiger partial charge in [-0.1, -0.05) is 67.1 Å². The van der Waals surface area contributed by atoms with Crippen molar-refractivity contribution in [2.75, 3.05) is 64.0 Å². The molecule has 0 atom stereocenters. The van der Waals surface area contributed by atoms with E-state index in [1.165, 1.54) is 0 Å². The average molecular weight is 588 g/mol. The van der Waals surface area contributed by atoms with Crippen LogP contribution in [0.3, 0.4) is 0 Å². The van der Waals surface area contributed by atoms with Gasteiger partial charge in [-0.05, 0) is 36.6 Å². The normalized spacial score (nSPS) is 13.3. The lowest BCUT2D eigenvalue weighted by Gasteiger charge is -2.37. The van der Waals surface area contributed by atoms with E-state index in [1.54, 1.807) is 29.3 Å². The Labute approximate surface area is 253 Å². The van der Waals surface area contributed by atoms with Gasteiger partial charge < -0.3 is 25.8 Å². The summed E-state index contributed by atoms with van der Waals surface area (Å²) in [5, 5.41) is 21.3. The minimum Gasteiger partial charge on any atom is -0.447 e. The Kier molecular flexibility index (Phi) is 12.7. The molecule has 2 amide bonds. The summed E-state index contributed by atoms with van der Waals surface area (Å²) in [4.78, 5) is 38.7. The molecular formula is C33H41N5O5. The van der Waals surface area contributed by atoms with Crippen molar-refractivity contribution in [3.63, 3.8) is 0 Å². The summed E-state index contributed by atoms with van der Waals surface area (Å²) in [6, 6.07) is 24.4. The van der Waals surface area contributed by atoms with Crippen molar-refractivity contribution >= 4 is 23.5 Å². The zero-order valence-corrected chi connectivity index (χ0v) is 24.5. The number of nitrogens with zero attached hydrogens (tertiary/aromatic N) is 2. The number of hydrazine groups is 1. The van der Waals surface area contributed by atoms with Gasteiger partial charge in [0.25, 0.3) is 5.91 Å². The topological polar surface area (TPSA) is 123 Å². The van der Waals surface area contributed by atoms with E-state index in [0.29, 0.717) is 37.3 Å². The quantitative estimate of drug-likeness (QED) is 0.158. The highest BCUT2D eigenvalue weighted by atomic mass is 16.6. The standard InChI is InChI=1S/C33H41N5O5/c39-22-18-34-16-17-36-32(41)28-13-9-12-27(24-28)31(40)25-35-19-23-43-33(42)38(37-20-7-2-8-21-37)30-15-6-5-14-29(30)26-10-3-1-4-11-26/h1,3-6,9-15,24,34-35,39H,2,7-8,16-23,25H2,(H,36,41). The molecular weight excluding hydrogens is 546 g/mol. The Morgan fingerprint density at radius 1 is 0.791 bits per heavy atom. The SMILES string of the molecule is O=C(CNCCOC(=O)N(c1ccccc1-c1ccccc1)N1CCCCC1)c1cccc(C(=O)NCCNCCO)c1. The summed E-state index contributed by atoms with van der Waals surface area (Å²) in [5.41, 5.74) is 3.56. The predicted octanol–water partition coefficient (Wildman–Crippen LogP) is 3.48. The van der Waals surface area contributed by atoms with Crippen molar-refractivity contribution < 1.29 is 24.2 Å². The summed E-state index contributed by atoms with van der Waals surface area (Å²) in [6.07, 6.45) is 2.69. The number of amides is 2. The Balaban J connectivity index is 1.30. The number of carbonyl (C=O) groups excluding carboxylic acids is 3. The van der Waals surface area contributed by atoms with Crippen molar-refractivity contribution in [3.05, 3.63) is 90.0 Å². The number of piperidine rings is 1. The first-order valence-electron chi connectivity index (χ1n) is 14.9. The second-order valence-electron chi connectivity index (χ2n) is 10.2. The summed E-state index contributed by atoms with van der Waals surface area (Å²) >= 11 is 0. The van der Waals surface area contributed by atoms with Crippen LogP contribution in [-0.4, -0.2) is 86.9 Å². The van der Waals surface area contributed by atoms with Crippen LogP contribution in [0.15, 0.2) is 78.9 Å². The van der Waals surface area contributed by atoms with E-state index >= 15 is 0 Å². The second-order valence-corrected chi connectivity index (χ2v) is 10.2. The zero-order valence-electron chi connectivity index (χ0n) is 24.5. The molecule has 1 aliphatic rings. The van der Waals surface area contributed by atoms with Gasteiger partial charge in [-0.3, -0.25) is 9.59 Å². The molecule has 43 heavy (non-hydrogen) atoms. The lowest BCUT2D eigenvalue weighted by atomic mass is 10.0. The fourth-order valence-electron chi connectivity index (χ4n) is 4.94. The fraction of sp³-hybridized carbons (Fsp3) is 0.364. The Morgan fingerprint density at radius 2 is 1.53 bits per heavy atom. The Hall–Kier alpha value is -4.09. The van der Waals surface area contributed by atoms with Crippen LogP contribution in [0.2, 0.25) is 0 Å². The molecule has 0 unspecified atom stereocenters. The monoisotopic (exact) mass is 587 g/mol. The largest absolute Gasteiger partial charge is 0.447 e. The Bertz CT molecular complexity index is 1330. The second kappa shape index (κ2) is 17.1. The first-order chi connectivity index (χ1) is 21.1. The molecule has 228 valence electrons. The third-order valence-electron chi connectivity index (χ3n) is 7.12. The molecule has 10 nitrogen and oxygen atoms in total. The number of hydrogen-bond acceptors (Lipinski definition) is 8. The summed E-state index contributed by atoms with van der Waals surface area (Å²) in [7, 11) is 0. The van der Waals surface area contributed by atoms with Gasteiger partial charge in [0, 0.05) is 56.0 Å². The number of carbonyl (C=O) groups is 3. The van der Waals surface area contributed by atoms with Crippen LogP contribution in [0, 0.1) is 0 Å². The van der Waals surface area contributed by atoms with Crippen LogP contribution in [0.25, 0.3) is 11.1 Å². The molecule has 1 fully saturated rings. The van der Waals surface area contributed by atoms with E-state index in [1.807, 2.05) is 54.6 Å². The molecule has 0 bridgehead atoms. The van der Waals surface area contributed by atoms with E-state index in [-0.39, 0.29) is 31.4 Å². The highest BCUT2D eigenvalue weighted by Crippen LogP contribution is 2.33. The zero-order chi connectivity index (χ0) is 30.3. The highest BCUT2D eigenvalue weighted by molar-refractivity contribution is 6.01. The van der Waals surface area contributed by atoms with Crippen molar-refractivity contribution in [1.29, 1.82) is 0 Å². The molecule has 0 aromatic heterocycles. The van der Waals surface area contributed by atoms with Gasteiger partial charge in [-0.2, -0.15) is 0 Å². The number of anilines is 1. The van der Waals surface area contributed by atoms with E-state index in [0.717, 1.165) is 49.2 Å². The maximum absolute atomic E-state index is 13.5. The summed E-state index contributed by atoms with van der Waals surface area (Å²) in [5.74, 6) is -0.440. The maximum Gasteiger partial charge on any atom is 0.429 e. The molecule has 4 N–H and O–H groups in total. The van der Waals surface area contributed by atoms with Crippen molar-refractivity contribution in [2.45, 2.75) is 19.3 Å². The molecule has 0 spiro atoms. The number of aliphatic hydroxyl groups is 1. The molecule has 1 aliphatic heterocycles. The van der Waals surface area contributed by atoms with Gasteiger partial charge in [-0.15, -0.1) is 0 Å². The fourth-order valence-corrected chi connectivity index (χ4v) is 4.94. The summed E-state index contributed by atoms with van der Waals surface area (Å²) < 4.78 is 5.70. The number of ether oxygens (including phenoxy) is 1. The van der Waals surface area contributed by atoms with Gasteiger partial charge in [0.1, 0.15) is 6.61 Å². The highest BCUT2D eigenvalue weighted by Gasteiger charge is 2.28. The number of rotatable bonds is 15. The van der Waals surface area contributed by atoms with E-state index in [4.69, 9.17) is 9.84 Å². The number of aliphatic hydroxyl groups excluding tert-OH is 1. The maximum atomic E-state index is 13.5. The molecule has 1 saturated heterocycles. The third kappa shape index (κ3) is 9.45. The number of hydrogen-bond donors (Lipinski definition) is 4. The van der Waals surface area contributed by atoms with Crippen LogP contribution in [0.4, 0.5) is 10.5 Å². The number of Topliss-reactive ketones (excluding diaryl/α,β-unsaturated/α-hetero) is 1. The van der Waals surface area contributed by atoms with E-state index in [2.05, 4.69) is 21.0 Å². The molecule has 0 radical (unpaired) electrons. The van der Waals surface area contributed by atoms with Gasteiger partial charge in [-0.25, -0.2) is 14.8 Å². The van der Waals surface area contributed by atoms with Crippen LogP contribution in [-0.2, 0) is 4.74 Å². The lowest BCUT2D eigenvalue weighted by Crippen LogP contribution is -2.50.